The summed E-state index contributed by atoms with van der Waals surface area (Å²) in [5.74, 6) is 3.57. The second kappa shape index (κ2) is 8.57. The van der Waals surface area contributed by atoms with Crippen LogP contribution < -0.4 is 10.1 Å². The van der Waals surface area contributed by atoms with Crippen molar-refractivity contribution in [3.8, 4) is 18.1 Å². The van der Waals surface area contributed by atoms with Crippen molar-refractivity contribution < 1.29 is 4.74 Å². The van der Waals surface area contributed by atoms with Gasteiger partial charge in [-0.15, -0.1) is 6.42 Å². The second-order valence-corrected chi connectivity index (χ2v) is 4.10. The monoisotopic (exact) mass is 246 g/mol. The zero-order valence-corrected chi connectivity index (χ0v) is 11.3. The molecule has 1 aromatic rings. The summed E-state index contributed by atoms with van der Waals surface area (Å²) < 4.78 is 5.73. The number of terminal acetylenes is 1. The first-order valence-electron chi connectivity index (χ1n) is 6.32. The standard InChI is InChI=1S/C15H22N2O/c1-4-9-17(5-2)10-11-18-15-8-6-7-14(12-15)13-16-3/h1,6-8,12,16H,5,9-11,13H2,2-3H3. The van der Waals surface area contributed by atoms with E-state index in [0.29, 0.717) is 13.2 Å². The molecule has 0 saturated heterocycles. The van der Waals surface area contributed by atoms with Crippen LogP contribution in [-0.2, 0) is 6.54 Å². The van der Waals surface area contributed by atoms with Crippen molar-refractivity contribution in [1.29, 1.82) is 0 Å². The fourth-order valence-corrected chi connectivity index (χ4v) is 1.72. The highest BCUT2D eigenvalue weighted by Crippen LogP contribution is 2.13. The third-order valence-corrected chi connectivity index (χ3v) is 2.72. The highest BCUT2D eigenvalue weighted by molar-refractivity contribution is 5.28. The molecule has 0 unspecified atom stereocenters. The molecule has 98 valence electrons. The lowest BCUT2D eigenvalue weighted by Crippen LogP contribution is -2.28. The van der Waals surface area contributed by atoms with Gasteiger partial charge in [-0.05, 0) is 31.3 Å². The molecule has 0 bridgehead atoms. The summed E-state index contributed by atoms with van der Waals surface area (Å²) in [6.07, 6.45) is 5.30. The van der Waals surface area contributed by atoms with Gasteiger partial charge < -0.3 is 10.1 Å². The van der Waals surface area contributed by atoms with Gasteiger partial charge in [0.1, 0.15) is 12.4 Å². The first-order valence-corrected chi connectivity index (χ1v) is 6.32. The molecule has 0 radical (unpaired) electrons. The third-order valence-electron chi connectivity index (χ3n) is 2.72. The topological polar surface area (TPSA) is 24.5 Å². The molecule has 3 heteroatoms. The SMILES string of the molecule is C#CCN(CC)CCOc1cccc(CNC)c1. The summed E-state index contributed by atoms with van der Waals surface area (Å²) in [6.45, 7) is 6.11. The Labute approximate surface area is 110 Å². The van der Waals surface area contributed by atoms with Crippen LogP contribution in [0.1, 0.15) is 12.5 Å². The molecule has 18 heavy (non-hydrogen) atoms. The van der Waals surface area contributed by atoms with Gasteiger partial charge in [0.25, 0.3) is 0 Å². The van der Waals surface area contributed by atoms with Crippen molar-refractivity contribution in [3.63, 3.8) is 0 Å². The van der Waals surface area contributed by atoms with E-state index in [-0.39, 0.29) is 0 Å². The molecule has 0 amide bonds. The van der Waals surface area contributed by atoms with Gasteiger partial charge in [0.15, 0.2) is 0 Å². The van der Waals surface area contributed by atoms with E-state index >= 15 is 0 Å². The zero-order valence-electron chi connectivity index (χ0n) is 11.3. The van der Waals surface area contributed by atoms with Crippen molar-refractivity contribution in [2.75, 3.05) is 33.3 Å². The Balaban J connectivity index is 2.38. The van der Waals surface area contributed by atoms with E-state index in [9.17, 15) is 0 Å². The maximum absolute atomic E-state index is 5.73. The lowest BCUT2D eigenvalue weighted by molar-refractivity contribution is 0.231. The molecular formula is C15H22N2O. The van der Waals surface area contributed by atoms with Crippen molar-refractivity contribution >= 4 is 0 Å². The van der Waals surface area contributed by atoms with Gasteiger partial charge >= 0.3 is 0 Å². The quantitative estimate of drug-likeness (QED) is 0.707. The number of nitrogens with one attached hydrogen (secondary N) is 1. The van der Waals surface area contributed by atoms with E-state index < -0.39 is 0 Å². The second-order valence-electron chi connectivity index (χ2n) is 4.10. The molecule has 1 N–H and O–H groups in total. The Morgan fingerprint density at radius 3 is 2.94 bits per heavy atom. The van der Waals surface area contributed by atoms with Crippen LogP contribution in [0, 0.1) is 12.3 Å². The molecule has 0 fully saturated rings. The average Bonchev–Trinajstić information content (AvgIpc) is 2.38. The van der Waals surface area contributed by atoms with Crippen molar-refractivity contribution in [2.45, 2.75) is 13.5 Å². The van der Waals surface area contributed by atoms with E-state index in [1.807, 2.05) is 19.2 Å². The van der Waals surface area contributed by atoms with Crippen molar-refractivity contribution in [1.82, 2.24) is 10.2 Å². The van der Waals surface area contributed by atoms with Gasteiger partial charge in [-0.25, -0.2) is 0 Å². The summed E-state index contributed by atoms with van der Waals surface area (Å²) in [7, 11) is 1.94. The predicted molar refractivity (Wildman–Crippen MR) is 75.6 cm³/mol. The molecular weight excluding hydrogens is 224 g/mol. The highest BCUT2D eigenvalue weighted by atomic mass is 16.5. The van der Waals surface area contributed by atoms with Gasteiger partial charge in [0, 0.05) is 13.1 Å². The fourth-order valence-electron chi connectivity index (χ4n) is 1.72. The van der Waals surface area contributed by atoms with Gasteiger partial charge in [-0.1, -0.05) is 25.0 Å². The van der Waals surface area contributed by atoms with Crippen molar-refractivity contribution in [3.05, 3.63) is 29.8 Å². The summed E-state index contributed by atoms with van der Waals surface area (Å²) in [6, 6.07) is 8.14. The van der Waals surface area contributed by atoms with E-state index in [2.05, 4.69) is 35.2 Å². The smallest absolute Gasteiger partial charge is 0.119 e. The van der Waals surface area contributed by atoms with Crippen LogP contribution in [0.2, 0.25) is 0 Å². The number of benzene rings is 1. The van der Waals surface area contributed by atoms with E-state index in [4.69, 9.17) is 11.2 Å². The lowest BCUT2D eigenvalue weighted by atomic mass is 10.2. The maximum Gasteiger partial charge on any atom is 0.119 e. The third kappa shape index (κ3) is 5.22. The van der Waals surface area contributed by atoms with Gasteiger partial charge in [0.05, 0.1) is 6.54 Å². The van der Waals surface area contributed by atoms with Crippen LogP contribution in [0.3, 0.4) is 0 Å². The molecule has 0 aliphatic rings. The molecule has 0 aliphatic carbocycles. The minimum absolute atomic E-state index is 0.665. The molecule has 0 saturated carbocycles. The molecule has 0 aliphatic heterocycles. The van der Waals surface area contributed by atoms with Gasteiger partial charge in [0.2, 0.25) is 0 Å². The Hall–Kier alpha value is -1.50. The van der Waals surface area contributed by atoms with E-state index in [1.54, 1.807) is 0 Å². The summed E-state index contributed by atoms with van der Waals surface area (Å²) in [4.78, 5) is 2.18. The molecule has 1 aromatic carbocycles. The lowest BCUT2D eigenvalue weighted by Gasteiger charge is -2.17. The zero-order chi connectivity index (χ0) is 13.2. The number of ether oxygens (including phenoxy) is 1. The molecule has 0 atom stereocenters. The first-order chi connectivity index (χ1) is 8.80. The Bertz CT molecular complexity index is 384. The Kier molecular flexibility index (Phi) is 6.93. The fraction of sp³-hybridized carbons (Fsp3) is 0.467. The summed E-state index contributed by atoms with van der Waals surface area (Å²) >= 11 is 0. The van der Waals surface area contributed by atoms with Crippen LogP contribution in [0.4, 0.5) is 0 Å². The van der Waals surface area contributed by atoms with Crippen LogP contribution in [0.15, 0.2) is 24.3 Å². The molecule has 1 rings (SSSR count). The molecule has 0 spiro atoms. The number of likely N-dealkylation sites (N-methyl/N-ethyl adjacent to an activating group) is 1. The number of hydrogen-bond acceptors (Lipinski definition) is 3. The van der Waals surface area contributed by atoms with Crippen molar-refractivity contribution in [2.24, 2.45) is 0 Å². The van der Waals surface area contributed by atoms with E-state index in [0.717, 1.165) is 25.4 Å². The number of nitrogens with zero attached hydrogens (tertiary/aromatic N) is 1. The predicted octanol–water partition coefficient (Wildman–Crippen LogP) is 1.74. The average molecular weight is 246 g/mol. The largest absolute Gasteiger partial charge is 0.492 e. The van der Waals surface area contributed by atoms with Crippen LogP contribution in [0.5, 0.6) is 5.75 Å². The van der Waals surface area contributed by atoms with Gasteiger partial charge in [-0.3, -0.25) is 4.90 Å². The molecule has 3 nitrogen and oxygen atoms in total. The summed E-state index contributed by atoms with van der Waals surface area (Å²) in [5, 5.41) is 3.13. The first kappa shape index (κ1) is 14.6. The van der Waals surface area contributed by atoms with Crippen LogP contribution in [-0.4, -0.2) is 38.2 Å². The Morgan fingerprint density at radius 1 is 1.44 bits per heavy atom. The Morgan fingerprint density at radius 2 is 2.28 bits per heavy atom. The van der Waals surface area contributed by atoms with Crippen LogP contribution >= 0.6 is 0 Å². The molecule has 0 aromatic heterocycles. The van der Waals surface area contributed by atoms with Gasteiger partial charge in [-0.2, -0.15) is 0 Å². The highest BCUT2D eigenvalue weighted by Gasteiger charge is 2.01. The minimum atomic E-state index is 0.665. The number of hydrogen-bond donors (Lipinski definition) is 1. The maximum atomic E-state index is 5.73. The minimum Gasteiger partial charge on any atom is -0.492 e. The van der Waals surface area contributed by atoms with E-state index in [1.165, 1.54) is 5.56 Å². The van der Waals surface area contributed by atoms with Crippen LogP contribution in [0.25, 0.3) is 0 Å². The number of rotatable bonds is 8. The normalized spacial score (nSPS) is 10.3. The summed E-state index contributed by atoms with van der Waals surface area (Å²) in [5.41, 5.74) is 1.23. The molecule has 0 heterocycles.